The van der Waals surface area contributed by atoms with Gasteiger partial charge in [0.2, 0.25) is 0 Å². The number of carbonyl (C=O) groups excluding carboxylic acids is 1. The summed E-state index contributed by atoms with van der Waals surface area (Å²) in [7, 11) is 0.929. The number of amides is 1. The number of benzene rings is 3. The molecule has 3 aromatic carbocycles. The Morgan fingerprint density at radius 1 is 0.969 bits per heavy atom. The number of hydrogen-bond donors (Lipinski definition) is 1. The molecule has 0 radical (unpaired) electrons. The molecule has 1 N–H and O–H groups in total. The summed E-state index contributed by atoms with van der Waals surface area (Å²) in [6.45, 7) is 0.287. The lowest BCUT2D eigenvalue weighted by Gasteiger charge is -2.19. The van der Waals surface area contributed by atoms with Gasteiger partial charge in [-0.3, -0.25) is 9.52 Å². The molecule has 0 heterocycles. The Kier molecular flexibility index (Phi) is 7.27. The lowest BCUT2D eigenvalue weighted by Crippen LogP contribution is -2.26. The second-order valence-electron chi connectivity index (χ2n) is 6.96. The summed E-state index contributed by atoms with van der Waals surface area (Å²) in [4.78, 5) is 14.6. The zero-order valence-corrected chi connectivity index (χ0v) is 19.4. The average Bonchev–Trinajstić information content (AvgIpc) is 2.80. The maximum absolute atomic E-state index is 13.0. The van der Waals surface area contributed by atoms with E-state index in [4.69, 9.17) is 21.1 Å². The van der Waals surface area contributed by atoms with Crippen LogP contribution in [0.3, 0.4) is 0 Å². The van der Waals surface area contributed by atoms with Crippen molar-refractivity contribution in [3.05, 3.63) is 82.9 Å². The molecule has 0 unspecified atom stereocenters. The van der Waals surface area contributed by atoms with Gasteiger partial charge in [0.1, 0.15) is 0 Å². The van der Waals surface area contributed by atoms with Crippen LogP contribution in [0, 0.1) is 0 Å². The average molecular weight is 475 g/mol. The molecular formula is C23H23ClN2O5S. The smallest absolute Gasteiger partial charge is 0.261 e. The molecule has 0 aliphatic heterocycles. The number of anilines is 1. The number of halogens is 1. The highest BCUT2D eigenvalue weighted by Crippen LogP contribution is 2.29. The number of nitrogens with zero attached hydrogens (tertiary/aromatic N) is 1. The molecule has 0 bridgehead atoms. The molecule has 0 saturated heterocycles. The third-order valence-corrected chi connectivity index (χ3v) is 6.44. The molecule has 0 aliphatic carbocycles. The summed E-state index contributed by atoms with van der Waals surface area (Å²) >= 11 is 6.25. The summed E-state index contributed by atoms with van der Waals surface area (Å²) in [5.41, 5.74) is 1.25. The van der Waals surface area contributed by atoms with Crippen molar-refractivity contribution in [2.24, 2.45) is 0 Å². The van der Waals surface area contributed by atoms with Gasteiger partial charge in [-0.25, -0.2) is 8.42 Å². The standard InChI is InChI=1S/C23H23ClN2O5S/c1-26(15-16-9-12-21(30-2)22(13-16)31-3)23(27)19-14-17(10-11-20(19)24)25-32(28,29)18-7-5-4-6-8-18/h4-14,25H,15H2,1-3H3. The van der Waals surface area contributed by atoms with Gasteiger partial charge >= 0.3 is 0 Å². The van der Waals surface area contributed by atoms with Crippen molar-refractivity contribution in [2.75, 3.05) is 26.0 Å². The fourth-order valence-corrected chi connectivity index (χ4v) is 4.37. The number of rotatable bonds is 8. The zero-order chi connectivity index (χ0) is 23.3. The van der Waals surface area contributed by atoms with E-state index in [1.807, 2.05) is 6.07 Å². The first-order chi connectivity index (χ1) is 15.2. The third-order valence-electron chi connectivity index (χ3n) is 4.72. The highest BCUT2D eigenvalue weighted by Gasteiger charge is 2.19. The van der Waals surface area contributed by atoms with Crippen LogP contribution >= 0.6 is 11.6 Å². The molecule has 9 heteroatoms. The van der Waals surface area contributed by atoms with Crippen molar-refractivity contribution >= 4 is 33.2 Å². The van der Waals surface area contributed by atoms with E-state index in [9.17, 15) is 13.2 Å². The largest absolute Gasteiger partial charge is 0.493 e. The molecule has 0 spiro atoms. The summed E-state index contributed by atoms with van der Waals surface area (Å²) < 4.78 is 38.2. The van der Waals surface area contributed by atoms with Crippen molar-refractivity contribution in [3.8, 4) is 11.5 Å². The summed E-state index contributed by atoms with van der Waals surface area (Å²) in [6, 6.07) is 17.8. The Morgan fingerprint density at radius 3 is 2.31 bits per heavy atom. The van der Waals surface area contributed by atoms with E-state index in [-0.39, 0.29) is 33.6 Å². The van der Waals surface area contributed by atoms with Gasteiger partial charge in [0.05, 0.1) is 29.7 Å². The summed E-state index contributed by atoms with van der Waals surface area (Å²) in [6.07, 6.45) is 0. The van der Waals surface area contributed by atoms with Crippen molar-refractivity contribution in [1.29, 1.82) is 0 Å². The van der Waals surface area contributed by atoms with Crippen LogP contribution in [0.2, 0.25) is 5.02 Å². The lowest BCUT2D eigenvalue weighted by molar-refractivity contribution is 0.0785. The Labute approximate surface area is 192 Å². The number of sulfonamides is 1. The van der Waals surface area contributed by atoms with E-state index in [0.29, 0.717) is 11.5 Å². The number of hydrogen-bond acceptors (Lipinski definition) is 5. The minimum absolute atomic E-state index is 0.119. The van der Waals surface area contributed by atoms with Crippen LogP contribution in [0.1, 0.15) is 15.9 Å². The van der Waals surface area contributed by atoms with Gasteiger partial charge in [0.25, 0.3) is 15.9 Å². The van der Waals surface area contributed by atoms with Gasteiger partial charge in [0, 0.05) is 19.3 Å². The van der Waals surface area contributed by atoms with Crippen LogP contribution in [-0.4, -0.2) is 40.5 Å². The van der Waals surface area contributed by atoms with E-state index in [2.05, 4.69) is 4.72 Å². The van der Waals surface area contributed by atoms with Crippen LogP contribution in [-0.2, 0) is 16.6 Å². The van der Waals surface area contributed by atoms with Crippen molar-refractivity contribution in [2.45, 2.75) is 11.4 Å². The normalized spacial score (nSPS) is 11.0. The van der Waals surface area contributed by atoms with Crippen LogP contribution in [0.4, 0.5) is 5.69 Å². The first-order valence-electron chi connectivity index (χ1n) is 9.59. The molecule has 0 atom stereocenters. The van der Waals surface area contributed by atoms with Gasteiger partial charge in [0.15, 0.2) is 11.5 Å². The van der Waals surface area contributed by atoms with E-state index >= 15 is 0 Å². The van der Waals surface area contributed by atoms with Gasteiger partial charge < -0.3 is 14.4 Å². The number of ether oxygens (including phenoxy) is 2. The quantitative estimate of drug-likeness (QED) is 0.522. The number of nitrogens with one attached hydrogen (secondary N) is 1. The zero-order valence-electron chi connectivity index (χ0n) is 17.8. The first-order valence-corrected chi connectivity index (χ1v) is 11.4. The van der Waals surface area contributed by atoms with Crippen molar-refractivity contribution in [1.82, 2.24) is 4.90 Å². The van der Waals surface area contributed by atoms with Gasteiger partial charge in [-0.1, -0.05) is 35.9 Å². The Morgan fingerprint density at radius 2 is 1.66 bits per heavy atom. The molecule has 32 heavy (non-hydrogen) atoms. The maximum atomic E-state index is 13.0. The fourth-order valence-electron chi connectivity index (χ4n) is 3.10. The van der Waals surface area contributed by atoms with E-state index in [0.717, 1.165) is 5.56 Å². The highest BCUT2D eigenvalue weighted by atomic mass is 35.5. The SMILES string of the molecule is COc1ccc(CN(C)C(=O)c2cc(NS(=O)(=O)c3ccccc3)ccc2Cl)cc1OC. The Balaban J connectivity index is 1.81. The molecule has 3 rings (SSSR count). The molecule has 0 fully saturated rings. The lowest BCUT2D eigenvalue weighted by atomic mass is 10.1. The van der Waals surface area contributed by atoms with Crippen LogP contribution in [0.25, 0.3) is 0 Å². The molecule has 168 valence electrons. The molecule has 0 saturated carbocycles. The predicted octanol–water partition coefficient (Wildman–Crippen LogP) is 4.43. The molecule has 0 aliphatic rings. The van der Waals surface area contributed by atoms with E-state index in [1.54, 1.807) is 44.5 Å². The first kappa shape index (κ1) is 23.4. The van der Waals surface area contributed by atoms with Crippen molar-refractivity contribution < 1.29 is 22.7 Å². The molecular weight excluding hydrogens is 452 g/mol. The van der Waals surface area contributed by atoms with Crippen LogP contribution in [0.15, 0.2) is 71.6 Å². The minimum Gasteiger partial charge on any atom is -0.493 e. The molecule has 1 amide bonds. The fraction of sp³-hybridized carbons (Fsp3) is 0.174. The molecule has 7 nitrogen and oxygen atoms in total. The monoisotopic (exact) mass is 474 g/mol. The van der Waals surface area contributed by atoms with Crippen LogP contribution in [0.5, 0.6) is 11.5 Å². The predicted molar refractivity (Wildman–Crippen MR) is 124 cm³/mol. The van der Waals surface area contributed by atoms with E-state index < -0.39 is 10.0 Å². The van der Waals surface area contributed by atoms with Gasteiger partial charge in [-0.15, -0.1) is 0 Å². The summed E-state index contributed by atoms with van der Waals surface area (Å²) in [5.74, 6) is 0.790. The highest BCUT2D eigenvalue weighted by molar-refractivity contribution is 7.92. The van der Waals surface area contributed by atoms with Crippen LogP contribution < -0.4 is 14.2 Å². The molecule has 3 aromatic rings. The van der Waals surface area contributed by atoms with Gasteiger partial charge in [-0.2, -0.15) is 0 Å². The number of methoxy groups -OCH3 is 2. The van der Waals surface area contributed by atoms with E-state index in [1.165, 1.54) is 42.3 Å². The maximum Gasteiger partial charge on any atom is 0.261 e. The summed E-state index contributed by atoms with van der Waals surface area (Å²) in [5, 5.41) is 0.219. The Bertz CT molecular complexity index is 1220. The second kappa shape index (κ2) is 9.93. The topological polar surface area (TPSA) is 84.9 Å². The van der Waals surface area contributed by atoms with Crippen molar-refractivity contribution in [3.63, 3.8) is 0 Å². The second-order valence-corrected chi connectivity index (χ2v) is 9.05. The third kappa shape index (κ3) is 5.33. The molecule has 0 aromatic heterocycles. The minimum atomic E-state index is -3.80. The number of carbonyl (C=O) groups is 1. The Hall–Kier alpha value is -3.23. The van der Waals surface area contributed by atoms with Gasteiger partial charge in [-0.05, 0) is 48.0 Å².